The molecule has 1 aromatic carbocycles. The smallest absolute Gasteiger partial charge is 0.224 e. The molecule has 0 aliphatic carbocycles. The number of nitrogens with zero attached hydrogens (tertiary/aromatic N) is 2. The summed E-state index contributed by atoms with van der Waals surface area (Å²) >= 11 is 0. The van der Waals surface area contributed by atoms with Gasteiger partial charge in [-0.3, -0.25) is 4.79 Å². The molecule has 2 aromatic rings. The molecule has 3 heterocycles. The number of ether oxygens (including phenoxy) is 1. The molecule has 1 atom stereocenters. The first-order valence-corrected chi connectivity index (χ1v) is 8.12. The maximum atomic E-state index is 12.2. The maximum Gasteiger partial charge on any atom is 0.224 e. The molecule has 0 bridgehead atoms. The number of amides is 1. The average molecular weight is 321 g/mol. The number of hydrogen-bond donors (Lipinski definition) is 1. The largest absolute Gasteiger partial charge is 0.369 e. The first-order chi connectivity index (χ1) is 11.7. The Morgan fingerprint density at radius 1 is 1.33 bits per heavy atom. The van der Waals surface area contributed by atoms with Crippen molar-refractivity contribution in [3.05, 3.63) is 59.8 Å². The average Bonchev–Trinajstić information content (AvgIpc) is 2.78. The number of benzene rings is 1. The highest BCUT2D eigenvalue weighted by atomic mass is 16.5. The molecule has 2 aliphatic rings. The van der Waals surface area contributed by atoms with Gasteiger partial charge in [0.25, 0.3) is 0 Å². The zero-order valence-electron chi connectivity index (χ0n) is 13.5. The Labute approximate surface area is 141 Å². The van der Waals surface area contributed by atoms with Gasteiger partial charge in [0.05, 0.1) is 30.6 Å². The summed E-state index contributed by atoms with van der Waals surface area (Å²) in [6.45, 7) is 2.73. The van der Waals surface area contributed by atoms with E-state index in [0.717, 1.165) is 34.7 Å². The van der Waals surface area contributed by atoms with Crippen molar-refractivity contribution >= 4 is 23.1 Å². The second kappa shape index (κ2) is 6.09. The summed E-state index contributed by atoms with van der Waals surface area (Å²) in [5, 5.41) is 3.36. The van der Waals surface area contributed by atoms with Gasteiger partial charge in [0.2, 0.25) is 5.91 Å². The number of rotatable bonds is 1. The number of carbonyl (C=O) groups is 1. The number of carbonyl (C=O) groups excluding carboxylic acids is 1. The van der Waals surface area contributed by atoms with E-state index in [1.54, 1.807) is 18.0 Å². The van der Waals surface area contributed by atoms with Gasteiger partial charge in [-0.1, -0.05) is 24.3 Å². The quantitative estimate of drug-likeness (QED) is 0.814. The van der Waals surface area contributed by atoms with Crippen molar-refractivity contribution in [2.75, 3.05) is 16.8 Å². The van der Waals surface area contributed by atoms with Gasteiger partial charge in [0, 0.05) is 18.7 Å². The topological polar surface area (TPSA) is 54.5 Å². The lowest BCUT2D eigenvalue weighted by molar-refractivity contribution is -0.116. The first-order valence-electron chi connectivity index (χ1n) is 8.12. The van der Waals surface area contributed by atoms with E-state index in [4.69, 9.17) is 4.74 Å². The molecule has 1 unspecified atom stereocenters. The molecule has 0 fully saturated rings. The van der Waals surface area contributed by atoms with E-state index in [-0.39, 0.29) is 12.0 Å². The lowest BCUT2D eigenvalue weighted by Crippen LogP contribution is -2.27. The molecular weight excluding hydrogens is 302 g/mol. The first kappa shape index (κ1) is 14.9. The Balaban J connectivity index is 1.78. The number of pyridine rings is 1. The SMILES string of the molecule is CC(=O)N1Cc2cccnc2Nc2ccc(C3CC=CCO3)cc21. The van der Waals surface area contributed by atoms with Crippen LogP contribution in [-0.2, 0) is 16.1 Å². The lowest BCUT2D eigenvalue weighted by atomic mass is 10.0. The van der Waals surface area contributed by atoms with Crippen molar-refractivity contribution in [3.63, 3.8) is 0 Å². The third-order valence-electron chi connectivity index (χ3n) is 4.45. The molecule has 1 N–H and O–H groups in total. The monoisotopic (exact) mass is 321 g/mol. The van der Waals surface area contributed by atoms with Gasteiger partial charge in [-0.25, -0.2) is 4.98 Å². The zero-order valence-corrected chi connectivity index (χ0v) is 13.5. The van der Waals surface area contributed by atoms with E-state index in [2.05, 4.69) is 28.5 Å². The summed E-state index contributed by atoms with van der Waals surface area (Å²) in [7, 11) is 0. The van der Waals surface area contributed by atoms with E-state index in [0.29, 0.717) is 13.2 Å². The van der Waals surface area contributed by atoms with Crippen molar-refractivity contribution in [1.82, 2.24) is 4.98 Å². The Morgan fingerprint density at radius 3 is 3.04 bits per heavy atom. The molecule has 0 saturated heterocycles. The van der Waals surface area contributed by atoms with Crippen molar-refractivity contribution in [1.29, 1.82) is 0 Å². The molecule has 122 valence electrons. The fraction of sp³-hybridized carbons (Fsp3) is 0.263. The summed E-state index contributed by atoms with van der Waals surface area (Å²) in [4.78, 5) is 18.4. The van der Waals surface area contributed by atoms with Crippen LogP contribution in [0.1, 0.15) is 30.6 Å². The van der Waals surface area contributed by atoms with Crippen LogP contribution in [0.5, 0.6) is 0 Å². The van der Waals surface area contributed by atoms with Gasteiger partial charge in [-0.2, -0.15) is 0 Å². The van der Waals surface area contributed by atoms with E-state index < -0.39 is 0 Å². The minimum absolute atomic E-state index is 0.0105. The van der Waals surface area contributed by atoms with Crippen molar-refractivity contribution < 1.29 is 9.53 Å². The van der Waals surface area contributed by atoms with Crippen LogP contribution in [-0.4, -0.2) is 17.5 Å². The summed E-state index contributed by atoms with van der Waals surface area (Å²) in [6.07, 6.45) is 6.82. The van der Waals surface area contributed by atoms with E-state index in [1.165, 1.54) is 0 Å². The second-order valence-electron chi connectivity index (χ2n) is 6.05. The van der Waals surface area contributed by atoms with Gasteiger partial charge >= 0.3 is 0 Å². The minimum atomic E-state index is 0.0105. The van der Waals surface area contributed by atoms with Gasteiger partial charge < -0.3 is 15.0 Å². The summed E-state index contributed by atoms with van der Waals surface area (Å²) in [6, 6.07) is 10.0. The van der Waals surface area contributed by atoms with Crippen LogP contribution < -0.4 is 10.2 Å². The Morgan fingerprint density at radius 2 is 2.25 bits per heavy atom. The van der Waals surface area contributed by atoms with E-state index in [9.17, 15) is 4.79 Å². The molecular formula is C19H19N3O2. The van der Waals surface area contributed by atoms with Crippen LogP contribution in [0.2, 0.25) is 0 Å². The predicted molar refractivity (Wildman–Crippen MR) is 93.3 cm³/mol. The highest BCUT2D eigenvalue weighted by Crippen LogP contribution is 2.38. The van der Waals surface area contributed by atoms with Crippen molar-refractivity contribution in [2.24, 2.45) is 0 Å². The lowest BCUT2D eigenvalue weighted by Gasteiger charge is -2.24. The fourth-order valence-corrected chi connectivity index (χ4v) is 3.18. The third-order valence-corrected chi connectivity index (χ3v) is 4.45. The van der Waals surface area contributed by atoms with E-state index >= 15 is 0 Å². The predicted octanol–water partition coefficient (Wildman–Crippen LogP) is 3.71. The number of anilines is 3. The van der Waals surface area contributed by atoms with Gasteiger partial charge in [-0.15, -0.1) is 0 Å². The summed E-state index contributed by atoms with van der Waals surface area (Å²) in [5.41, 5.74) is 3.85. The van der Waals surface area contributed by atoms with Gasteiger partial charge in [0.15, 0.2) is 0 Å². The minimum Gasteiger partial charge on any atom is -0.369 e. The maximum absolute atomic E-state index is 12.2. The number of hydrogen-bond acceptors (Lipinski definition) is 4. The number of fused-ring (bicyclic) bond motifs is 2. The number of nitrogens with one attached hydrogen (secondary N) is 1. The van der Waals surface area contributed by atoms with Crippen LogP contribution >= 0.6 is 0 Å². The standard InChI is InChI=1S/C19H19N3O2/c1-13(23)22-12-15-5-4-9-20-19(15)21-16-8-7-14(11-17(16)22)18-6-2-3-10-24-18/h2-5,7-9,11,18H,6,10,12H2,1H3,(H,20,21). The summed E-state index contributed by atoms with van der Waals surface area (Å²) < 4.78 is 5.82. The molecule has 0 spiro atoms. The van der Waals surface area contributed by atoms with Crippen LogP contribution in [0.3, 0.4) is 0 Å². The third kappa shape index (κ3) is 2.67. The Hall–Kier alpha value is -2.66. The van der Waals surface area contributed by atoms with Crippen molar-refractivity contribution in [3.8, 4) is 0 Å². The van der Waals surface area contributed by atoms with Crippen LogP contribution in [0.25, 0.3) is 0 Å². The van der Waals surface area contributed by atoms with Crippen LogP contribution in [0, 0.1) is 0 Å². The molecule has 2 aliphatic heterocycles. The molecule has 4 rings (SSSR count). The molecule has 1 amide bonds. The fourth-order valence-electron chi connectivity index (χ4n) is 3.18. The molecule has 24 heavy (non-hydrogen) atoms. The molecule has 1 aromatic heterocycles. The Bertz CT molecular complexity index is 816. The van der Waals surface area contributed by atoms with Crippen molar-refractivity contribution in [2.45, 2.75) is 26.0 Å². The molecule has 5 heteroatoms. The van der Waals surface area contributed by atoms with Gasteiger partial charge in [0.1, 0.15) is 5.82 Å². The zero-order chi connectivity index (χ0) is 16.5. The van der Waals surface area contributed by atoms with Gasteiger partial charge in [-0.05, 0) is 30.2 Å². The highest BCUT2D eigenvalue weighted by Gasteiger charge is 2.24. The highest BCUT2D eigenvalue weighted by molar-refractivity contribution is 5.97. The molecule has 0 saturated carbocycles. The molecule has 5 nitrogen and oxygen atoms in total. The second-order valence-corrected chi connectivity index (χ2v) is 6.05. The number of aromatic nitrogens is 1. The van der Waals surface area contributed by atoms with Crippen LogP contribution in [0.15, 0.2) is 48.7 Å². The molecule has 0 radical (unpaired) electrons. The summed E-state index contributed by atoms with van der Waals surface area (Å²) in [5.74, 6) is 0.809. The normalized spacial score (nSPS) is 19.0. The Kier molecular flexibility index (Phi) is 3.78. The van der Waals surface area contributed by atoms with Crippen LogP contribution in [0.4, 0.5) is 17.2 Å². The van der Waals surface area contributed by atoms with E-state index in [1.807, 2.05) is 24.3 Å².